The molecule has 1 saturated heterocycles. The maximum Gasteiger partial charge on any atom is 0.416 e. The Morgan fingerprint density at radius 2 is 1.45 bits per heavy atom. The van der Waals surface area contributed by atoms with Crippen LogP contribution in [-0.4, -0.2) is 42.3 Å². The Labute approximate surface area is 323 Å². The van der Waals surface area contributed by atoms with Crippen molar-refractivity contribution in [2.24, 2.45) is 5.92 Å². The highest BCUT2D eigenvalue weighted by Crippen LogP contribution is 2.40. The van der Waals surface area contributed by atoms with Crippen molar-refractivity contribution in [2.75, 3.05) is 17.2 Å². The first-order chi connectivity index (χ1) is 26.6. The highest BCUT2D eigenvalue weighted by Gasteiger charge is 2.41. The predicted octanol–water partition coefficient (Wildman–Crippen LogP) is 10.1. The number of anilines is 2. The molecule has 1 aliphatic carbocycles. The average molecular weight is 790 g/mol. The van der Waals surface area contributed by atoms with Crippen LogP contribution in [0.5, 0.6) is 0 Å². The molecule has 2 fully saturated rings. The molecule has 0 spiro atoms. The second kappa shape index (κ2) is 16.8. The van der Waals surface area contributed by atoms with Gasteiger partial charge in [-0.1, -0.05) is 73.5 Å². The Bertz CT molecular complexity index is 2310. The van der Waals surface area contributed by atoms with Crippen LogP contribution in [0.25, 0.3) is 10.8 Å². The van der Waals surface area contributed by atoms with E-state index in [4.69, 9.17) is 4.55 Å². The largest absolute Gasteiger partial charge is 0.416 e. The molecule has 1 aliphatic heterocycles. The zero-order valence-electron chi connectivity index (χ0n) is 30.9. The zero-order chi connectivity index (χ0) is 40.2. The van der Waals surface area contributed by atoms with Gasteiger partial charge in [-0.25, -0.2) is 4.39 Å². The van der Waals surface area contributed by atoms with Crippen molar-refractivity contribution in [3.8, 4) is 0 Å². The van der Waals surface area contributed by atoms with E-state index in [9.17, 15) is 35.6 Å². The summed E-state index contributed by atoms with van der Waals surface area (Å²) in [4.78, 5) is 29.0. The lowest BCUT2D eigenvalue weighted by Gasteiger charge is -2.41. The molecular formula is C43H43F4N3O5S. The van der Waals surface area contributed by atoms with Crippen LogP contribution in [0, 0.1) is 25.6 Å². The fourth-order valence-corrected chi connectivity index (χ4v) is 8.12. The summed E-state index contributed by atoms with van der Waals surface area (Å²) in [6.45, 7) is 3.34. The second-order valence-electron chi connectivity index (χ2n) is 14.4. The van der Waals surface area contributed by atoms with Gasteiger partial charge in [0.2, 0.25) is 5.91 Å². The molecule has 0 aromatic heterocycles. The maximum absolute atomic E-state index is 14.9. The fraction of sp³-hybridized carbons (Fsp3) is 0.302. The third-order valence-corrected chi connectivity index (χ3v) is 11.3. The average Bonchev–Trinajstić information content (AvgIpc) is 3.68. The second-order valence-corrected chi connectivity index (χ2v) is 15.8. The topological polar surface area (TPSA) is 116 Å². The van der Waals surface area contributed by atoms with Crippen molar-refractivity contribution in [3.05, 3.63) is 137 Å². The molecule has 1 heterocycles. The first kappa shape index (κ1) is 40.4. The summed E-state index contributed by atoms with van der Waals surface area (Å²) in [5, 5.41) is 7.94. The maximum atomic E-state index is 14.9. The summed E-state index contributed by atoms with van der Waals surface area (Å²) >= 11 is 0. The highest BCUT2D eigenvalue weighted by atomic mass is 32.2. The summed E-state index contributed by atoms with van der Waals surface area (Å²) < 4.78 is 86.0. The Hall–Kier alpha value is -5.27. The number of amides is 2. The van der Waals surface area contributed by atoms with Crippen molar-refractivity contribution >= 4 is 44.1 Å². The van der Waals surface area contributed by atoms with Crippen LogP contribution in [0.3, 0.4) is 0 Å². The van der Waals surface area contributed by atoms with Crippen LogP contribution in [0.4, 0.5) is 28.9 Å². The molecule has 0 unspecified atom stereocenters. The van der Waals surface area contributed by atoms with Crippen LogP contribution in [0.15, 0.2) is 108 Å². The minimum atomic E-state index is -4.56. The number of benzene rings is 5. The fourth-order valence-electron chi connectivity index (χ4n) is 7.61. The van der Waals surface area contributed by atoms with E-state index in [0.29, 0.717) is 36.6 Å². The lowest BCUT2D eigenvalue weighted by atomic mass is 9.83. The number of carbonyl (C=O) groups is 2. The summed E-state index contributed by atoms with van der Waals surface area (Å²) in [7, 11) is -4.09. The normalized spacial score (nSPS) is 17.6. The van der Waals surface area contributed by atoms with E-state index in [-0.39, 0.29) is 21.7 Å². The van der Waals surface area contributed by atoms with Gasteiger partial charge in [0.1, 0.15) is 5.82 Å². The highest BCUT2D eigenvalue weighted by molar-refractivity contribution is 7.85. The lowest BCUT2D eigenvalue weighted by Crippen LogP contribution is -2.46. The van der Waals surface area contributed by atoms with E-state index in [1.165, 1.54) is 61.1 Å². The van der Waals surface area contributed by atoms with Gasteiger partial charge in [0, 0.05) is 24.0 Å². The molecule has 5 aromatic rings. The van der Waals surface area contributed by atoms with Crippen LogP contribution in [0.2, 0.25) is 0 Å². The molecule has 294 valence electrons. The molecule has 0 bridgehead atoms. The molecule has 2 atom stereocenters. The lowest BCUT2D eigenvalue weighted by molar-refractivity contribution is -0.138. The quantitative estimate of drug-likeness (QED) is 0.112. The molecule has 1 saturated carbocycles. The van der Waals surface area contributed by atoms with Gasteiger partial charge in [-0.15, -0.1) is 0 Å². The Balaban J connectivity index is 0.000000317. The van der Waals surface area contributed by atoms with E-state index >= 15 is 0 Å². The summed E-state index contributed by atoms with van der Waals surface area (Å²) in [5.41, 5.74) is 1.34. The molecular weight excluding hydrogens is 747 g/mol. The molecule has 2 amide bonds. The van der Waals surface area contributed by atoms with Gasteiger partial charge in [-0.05, 0) is 109 Å². The molecule has 0 radical (unpaired) electrons. The number of alkyl halides is 3. The summed E-state index contributed by atoms with van der Waals surface area (Å²) in [5.74, 6) is -2.41. The third kappa shape index (κ3) is 9.39. The van der Waals surface area contributed by atoms with Gasteiger partial charge in [-0.2, -0.15) is 21.6 Å². The van der Waals surface area contributed by atoms with Gasteiger partial charge in [0.15, 0.2) is 0 Å². The van der Waals surface area contributed by atoms with Gasteiger partial charge in [-0.3, -0.25) is 14.1 Å². The molecule has 8 nitrogen and oxygen atoms in total. The van der Waals surface area contributed by atoms with Crippen LogP contribution in [-0.2, 0) is 21.1 Å². The minimum Gasteiger partial charge on any atom is -0.382 e. The number of aryl methyl sites for hydroxylation is 2. The summed E-state index contributed by atoms with van der Waals surface area (Å²) in [6, 6.07) is 27.2. The number of hydrogen-bond acceptors (Lipinski definition) is 5. The van der Waals surface area contributed by atoms with E-state index in [1.54, 1.807) is 25.1 Å². The number of fused-ring (bicyclic) bond motifs is 1. The molecule has 56 heavy (non-hydrogen) atoms. The van der Waals surface area contributed by atoms with Crippen molar-refractivity contribution in [1.29, 1.82) is 0 Å². The van der Waals surface area contributed by atoms with Crippen molar-refractivity contribution in [3.63, 3.8) is 0 Å². The number of rotatable bonds is 7. The Kier molecular flexibility index (Phi) is 12.2. The number of piperidine rings is 1. The molecule has 5 aromatic carbocycles. The smallest absolute Gasteiger partial charge is 0.382 e. The monoisotopic (exact) mass is 789 g/mol. The van der Waals surface area contributed by atoms with Crippen molar-refractivity contribution in [1.82, 2.24) is 4.90 Å². The van der Waals surface area contributed by atoms with Crippen molar-refractivity contribution in [2.45, 2.75) is 75.5 Å². The van der Waals surface area contributed by atoms with Crippen LogP contribution >= 0.6 is 0 Å². The number of halogens is 4. The predicted molar refractivity (Wildman–Crippen MR) is 209 cm³/mol. The molecule has 7 rings (SSSR count). The SMILES string of the molecule is Cc1ccc(NC(=O)[C@H]2CCCN(C(=O)c3c(C)cccc3F)[C@H]2c2ccc(NC3CCCC3)cc2)cc1C(F)(F)F.O=S(=O)(O)c1ccc2ccccc2c1. The van der Waals surface area contributed by atoms with E-state index in [0.717, 1.165) is 35.4 Å². The zero-order valence-corrected chi connectivity index (χ0v) is 31.8. The number of likely N-dealkylation sites (tertiary alicyclic amines) is 1. The van der Waals surface area contributed by atoms with Gasteiger partial charge in [0.25, 0.3) is 16.0 Å². The number of nitrogens with zero attached hydrogens (tertiary/aromatic N) is 1. The Morgan fingerprint density at radius 3 is 2.11 bits per heavy atom. The Morgan fingerprint density at radius 1 is 0.768 bits per heavy atom. The van der Waals surface area contributed by atoms with Crippen molar-refractivity contribution < 1.29 is 40.1 Å². The van der Waals surface area contributed by atoms with E-state index in [1.807, 2.05) is 42.5 Å². The molecule has 3 N–H and O–H groups in total. The summed E-state index contributed by atoms with van der Waals surface area (Å²) in [6.07, 6.45) is 0.915. The molecule has 13 heteroatoms. The van der Waals surface area contributed by atoms with Gasteiger partial charge in [0.05, 0.1) is 28.0 Å². The van der Waals surface area contributed by atoms with Gasteiger partial charge < -0.3 is 15.5 Å². The van der Waals surface area contributed by atoms with Crippen LogP contribution in [0.1, 0.15) is 77.2 Å². The number of carbonyl (C=O) groups excluding carboxylic acids is 2. The van der Waals surface area contributed by atoms with Crippen LogP contribution < -0.4 is 10.6 Å². The number of hydrogen-bond donors (Lipinski definition) is 3. The first-order valence-electron chi connectivity index (χ1n) is 18.5. The molecule has 2 aliphatic rings. The number of nitrogens with one attached hydrogen (secondary N) is 2. The van der Waals surface area contributed by atoms with Gasteiger partial charge >= 0.3 is 6.18 Å². The van der Waals surface area contributed by atoms with E-state index in [2.05, 4.69) is 10.6 Å². The first-order valence-corrected chi connectivity index (χ1v) is 19.9. The third-order valence-electron chi connectivity index (χ3n) is 10.5. The minimum absolute atomic E-state index is 0.0289. The standard InChI is InChI=1S/C33H35F4N3O2.C10H8O3S/c1-20-12-15-25(19-27(20)33(35,36)37)39-31(41)26-10-6-18-40(32(42)29-21(2)7-5-11-28(29)34)30(26)22-13-16-24(17-14-22)38-23-8-3-4-9-23;11-14(12,13)10-6-5-8-3-1-2-4-9(8)7-10/h5,7,11-17,19,23,26,30,38H,3-4,6,8-10,18H2,1-2H3,(H,39,41);1-7H,(H,11,12,13)/t26-,30-;/m0./s1. The van der Waals surface area contributed by atoms with E-state index < -0.39 is 51.4 Å².